The molecule has 0 bridgehead atoms. The number of nitrogens with two attached hydrogens (primary N) is 1. The van der Waals surface area contributed by atoms with Crippen LogP contribution < -0.4 is 15.2 Å². The van der Waals surface area contributed by atoms with E-state index in [1.54, 1.807) is 7.11 Å². The molecule has 0 heterocycles. The van der Waals surface area contributed by atoms with Crippen molar-refractivity contribution in [2.24, 2.45) is 5.73 Å². The lowest BCUT2D eigenvalue weighted by atomic mass is 10.1. The molecule has 0 saturated carbocycles. The van der Waals surface area contributed by atoms with Gasteiger partial charge in [-0.2, -0.15) is 0 Å². The van der Waals surface area contributed by atoms with E-state index in [2.05, 4.69) is 13.5 Å². The molecule has 1 rings (SSSR count). The van der Waals surface area contributed by atoms with Crippen molar-refractivity contribution in [3.05, 3.63) is 35.9 Å². The zero-order valence-corrected chi connectivity index (χ0v) is 10.8. The van der Waals surface area contributed by atoms with Gasteiger partial charge in [-0.05, 0) is 25.0 Å². The van der Waals surface area contributed by atoms with E-state index in [0.717, 1.165) is 29.1 Å². The smallest absolute Gasteiger partial charge is 0.128 e. The van der Waals surface area contributed by atoms with Crippen molar-refractivity contribution in [3.63, 3.8) is 0 Å². The van der Waals surface area contributed by atoms with Crippen molar-refractivity contribution >= 4 is 0 Å². The van der Waals surface area contributed by atoms with Gasteiger partial charge in [-0.3, -0.25) is 0 Å². The third-order valence-corrected chi connectivity index (χ3v) is 2.64. The molecule has 3 nitrogen and oxygen atoms in total. The highest BCUT2D eigenvalue weighted by Gasteiger charge is 2.09. The summed E-state index contributed by atoms with van der Waals surface area (Å²) in [5.41, 5.74) is 7.94. The predicted molar refractivity (Wildman–Crippen MR) is 70.5 cm³/mol. The second-order valence-corrected chi connectivity index (χ2v) is 4.08. The molecule has 0 unspecified atom stereocenters. The van der Waals surface area contributed by atoms with Gasteiger partial charge in [0.1, 0.15) is 18.1 Å². The molecule has 0 amide bonds. The van der Waals surface area contributed by atoms with Gasteiger partial charge < -0.3 is 15.2 Å². The number of hydrogen-bond donors (Lipinski definition) is 1. The van der Waals surface area contributed by atoms with Crippen LogP contribution in [0.4, 0.5) is 0 Å². The van der Waals surface area contributed by atoms with Crippen LogP contribution in [0.25, 0.3) is 0 Å². The Hall–Kier alpha value is -1.48. The number of hydrogen-bond acceptors (Lipinski definition) is 3. The monoisotopic (exact) mass is 235 g/mol. The fraction of sp³-hybridized carbons (Fsp3) is 0.429. The van der Waals surface area contributed by atoms with E-state index >= 15 is 0 Å². The lowest BCUT2D eigenvalue weighted by molar-refractivity contribution is 0.339. The predicted octanol–water partition coefficient (Wildman–Crippen LogP) is 3.06. The Morgan fingerprint density at radius 3 is 2.71 bits per heavy atom. The average molecular weight is 235 g/mol. The van der Waals surface area contributed by atoms with Crippen LogP contribution in [0.5, 0.6) is 11.5 Å². The highest BCUT2D eigenvalue weighted by molar-refractivity contribution is 5.42. The Labute approximate surface area is 103 Å². The summed E-state index contributed by atoms with van der Waals surface area (Å²) >= 11 is 0. The van der Waals surface area contributed by atoms with Crippen LogP contribution in [-0.2, 0) is 0 Å². The average Bonchev–Trinajstić information content (AvgIpc) is 2.35. The van der Waals surface area contributed by atoms with Crippen molar-refractivity contribution in [1.82, 2.24) is 0 Å². The van der Waals surface area contributed by atoms with Gasteiger partial charge in [-0.15, -0.1) is 0 Å². The van der Waals surface area contributed by atoms with Gasteiger partial charge in [0.05, 0.1) is 7.11 Å². The first-order valence-electron chi connectivity index (χ1n) is 5.81. The van der Waals surface area contributed by atoms with Crippen molar-refractivity contribution < 1.29 is 9.47 Å². The molecule has 2 N–H and O–H groups in total. The van der Waals surface area contributed by atoms with Gasteiger partial charge in [-0.25, -0.2) is 0 Å². The molecule has 94 valence electrons. The van der Waals surface area contributed by atoms with Gasteiger partial charge >= 0.3 is 0 Å². The molecule has 0 spiro atoms. The molecule has 0 aliphatic rings. The summed E-state index contributed by atoms with van der Waals surface area (Å²) in [6.07, 6.45) is 0.914. The van der Waals surface area contributed by atoms with Crippen molar-refractivity contribution in [1.29, 1.82) is 0 Å². The summed E-state index contributed by atoms with van der Waals surface area (Å²) in [4.78, 5) is 0. The first-order chi connectivity index (χ1) is 8.08. The molecule has 0 aliphatic heterocycles. The molecule has 1 aromatic carbocycles. The lowest BCUT2D eigenvalue weighted by Crippen LogP contribution is -2.09. The Kier molecular flexibility index (Phi) is 5.04. The summed E-state index contributed by atoms with van der Waals surface area (Å²) in [7, 11) is 1.63. The van der Waals surface area contributed by atoms with E-state index in [-0.39, 0.29) is 6.04 Å². The van der Waals surface area contributed by atoms with Crippen LogP contribution in [-0.4, -0.2) is 13.7 Å². The van der Waals surface area contributed by atoms with Gasteiger partial charge in [0.15, 0.2) is 0 Å². The molecular formula is C14H21NO2. The van der Waals surface area contributed by atoms with Crippen LogP contribution >= 0.6 is 0 Å². The normalized spacial score (nSPS) is 12.0. The van der Waals surface area contributed by atoms with E-state index < -0.39 is 0 Å². The third kappa shape index (κ3) is 3.79. The van der Waals surface area contributed by atoms with E-state index in [1.165, 1.54) is 0 Å². The number of benzene rings is 1. The van der Waals surface area contributed by atoms with Crippen LogP contribution in [0.1, 0.15) is 31.9 Å². The Balaban J connectivity index is 2.89. The SMILES string of the molecule is C=C(CC)COc1cc(OC)ccc1[C@H](C)N. The van der Waals surface area contributed by atoms with Crippen LogP contribution in [0.2, 0.25) is 0 Å². The zero-order valence-electron chi connectivity index (χ0n) is 10.8. The van der Waals surface area contributed by atoms with Crippen LogP contribution in [0.15, 0.2) is 30.4 Å². The van der Waals surface area contributed by atoms with Crippen molar-refractivity contribution in [2.45, 2.75) is 26.3 Å². The number of ether oxygens (including phenoxy) is 2. The summed E-state index contributed by atoms with van der Waals surface area (Å²) in [6.45, 7) is 8.43. The summed E-state index contributed by atoms with van der Waals surface area (Å²) in [5.74, 6) is 1.54. The van der Waals surface area contributed by atoms with Crippen molar-refractivity contribution in [3.8, 4) is 11.5 Å². The highest BCUT2D eigenvalue weighted by Crippen LogP contribution is 2.28. The molecule has 0 saturated heterocycles. The van der Waals surface area contributed by atoms with E-state index in [4.69, 9.17) is 15.2 Å². The van der Waals surface area contributed by atoms with E-state index in [9.17, 15) is 0 Å². The maximum atomic E-state index is 5.90. The fourth-order valence-corrected chi connectivity index (χ4v) is 1.42. The topological polar surface area (TPSA) is 44.5 Å². The lowest BCUT2D eigenvalue weighted by Gasteiger charge is -2.15. The fourth-order valence-electron chi connectivity index (χ4n) is 1.42. The summed E-state index contributed by atoms with van der Waals surface area (Å²) in [6, 6.07) is 5.63. The molecule has 0 aromatic heterocycles. The first kappa shape index (κ1) is 13.6. The zero-order chi connectivity index (χ0) is 12.8. The minimum Gasteiger partial charge on any atom is -0.497 e. The second kappa shape index (κ2) is 6.30. The number of rotatable bonds is 6. The molecule has 17 heavy (non-hydrogen) atoms. The summed E-state index contributed by atoms with van der Waals surface area (Å²) in [5, 5.41) is 0. The maximum Gasteiger partial charge on any atom is 0.128 e. The molecular weight excluding hydrogens is 214 g/mol. The van der Waals surface area contributed by atoms with Crippen LogP contribution in [0.3, 0.4) is 0 Å². The largest absolute Gasteiger partial charge is 0.497 e. The molecule has 1 atom stereocenters. The quantitative estimate of drug-likeness (QED) is 0.771. The minimum absolute atomic E-state index is 0.0641. The molecule has 1 aromatic rings. The molecule has 0 radical (unpaired) electrons. The van der Waals surface area contributed by atoms with E-state index in [0.29, 0.717) is 6.61 Å². The molecule has 3 heteroatoms. The van der Waals surface area contributed by atoms with Crippen LogP contribution in [0, 0.1) is 0 Å². The van der Waals surface area contributed by atoms with Gasteiger partial charge in [0.2, 0.25) is 0 Å². The Morgan fingerprint density at radius 2 is 2.18 bits per heavy atom. The number of methoxy groups -OCH3 is 1. The van der Waals surface area contributed by atoms with Gasteiger partial charge in [-0.1, -0.05) is 19.6 Å². The first-order valence-corrected chi connectivity index (χ1v) is 5.81. The minimum atomic E-state index is -0.0641. The maximum absolute atomic E-state index is 5.90. The standard InChI is InChI=1S/C14H21NO2/c1-5-10(2)9-17-14-8-12(16-4)6-7-13(14)11(3)15/h6-8,11H,2,5,9,15H2,1,3-4H3/t11-/m0/s1. The van der Waals surface area contributed by atoms with E-state index in [1.807, 2.05) is 25.1 Å². The van der Waals surface area contributed by atoms with Crippen molar-refractivity contribution in [2.75, 3.05) is 13.7 Å². The van der Waals surface area contributed by atoms with Gasteiger partial charge in [0, 0.05) is 17.7 Å². The highest BCUT2D eigenvalue weighted by atomic mass is 16.5. The Bertz CT molecular complexity index is 386. The molecule has 0 aliphatic carbocycles. The molecule has 0 fully saturated rings. The second-order valence-electron chi connectivity index (χ2n) is 4.08. The third-order valence-electron chi connectivity index (χ3n) is 2.64. The summed E-state index contributed by atoms with van der Waals surface area (Å²) < 4.78 is 10.9. The Morgan fingerprint density at radius 1 is 1.47 bits per heavy atom. The van der Waals surface area contributed by atoms with Gasteiger partial charge in [0.25, 0.3) is 0 Å².